The first kappa shape index (κ1) is 19.2. The number of benzene rings is 2. The van der Waals surface area contributed by atoms with Gasteiger partial charge in [0.25, 0.3) is 21.8 Å². The van der Waals surface area contributed by atoms with Crippen LogP contribution in [0.4, 0.5) is 11.4 Å². The van der Waals surface area contributed by atoms with Crippen LogP contribution in [0, 0.1) is 0 Å². The molecule has 2 aromatic rings. The first-order chi connectivity index (χ1) is 13.9. The summed E-state index contributed by atoms with van der Waals surface area (Å²) in [5, 5.41) is 2.58. The summed E-state index contributed by atoms with van der Waals surface area (Å²) in [6.45, 7) is 1.85. The normalized spacial score (nSPS) is 16.4. The number of nitrogens with one attached hydrogen (secondary N) is 2. The number of fused-ring (bicyclic) bond motifs is 1. The van der Waals surface area contributed by atoms with Crippen molar-refractivity contribution in [3.8, 4) is 5.75 Å². The average Bonchev–Trinajstić information content (AvgIpc) is 2.73. The number of sulfonamides is 1. The Morgan fingerprint density at radius 1 is 1.10 bits per heavy atom. The lowest BCUT2D eigenvalue weighted by molar-refractivity contribution is -0.118. The van der Waals surface area contributed by atoms with Crippen LogP contribution in [-0.4, -0.2) is 58.0 Å². The summed E-state index contributed by atoms with van der Waals surface area (Å²) in [7, 11) is -3.93. The van der Waals surface area contributed by atoms with Gasteiger partial charge in [-0.15, -0.1) is 0 Å². The fraction of sp³-hybridized carbons (Fsp3) is 0.263. The third-order valence-electron chi connectivity index (χ3n) is 4.55. The number of carbonyl (C=O) groups is 2. The van der Waals surface area contributed by atoms with Crippen LogP contribution >= 0.6 is 0 Å². The monoisotopic (exact) mass is 417 g/mol. The minimum absolute atomic E-state index is 0.0352. The molecule has 2 aliphatic rings. The van der Waals surface area contributed by atoms with Gasteiger partial charge in [0.1, 0.15) is 5.75 Å². The standard InChI is InChI=1S/C19H19N3O6S/c23-18-12-28-17-5-4-15(11-16(17)20-18)29(25,26)21-14-3-1-2-13(10-14)19(24)22-6-8-27-9-7-22/h1-5,10-11,21H,6-9,12H2,(H,20,23). The van der Waals surface area contributed by atoms with E-state index in [2.05, 4.69) is 10.0 Å². The van der Waals surface area contributed by atoms with E-state index in [1.54, 1.807) is 23.1 Å². The summed E-state index contributed by atoms with van der Waals surface area (Å²) in [5.74, 6) is -0.126. The molecule has 0 bridgehead atoms. The van der Waals surface area contributed by atoms with Gasteiger partial charge in [-0.1, -0.05) is 6.07 Å². The van der Waals surface area contributed by atoms with Gasteiger partial charge in [-0.2, -0.15) is 0 Å². The van der Waals surface area contributed by atoms with Gasteiger partial charge in [-0.25, -0.2) is 8.42 Å². The van der Waals surface area contributed by atoms with Crippen LogP contribution in [0.15, 0.2) is 47.4 Å². The molecule has 152 valence electrons. The Balaban J connectivity index is 1.55. The van der Waals surface area contributed by atoms with E-state index in [1.807, 2.05) is 0 Å². The molecule has 2 N–H and O–H groups in total. The van der Waals surface area contributed by atoms with Crippen LogP contribution in [0.1, 0.15) is 10.4 Å². The number of rotatable bonds is 4. The summed E-state index contributed by atoms with van der Waals surface area (Å²) in [6.07, 6.45) is 0. The second kappa shape index (κ2) is 7.72. The van der Waals surface area contributed by atoms with Crippen LogP contribution in [0.3, 0.4) is 0 Å². The van der Waals surface area contributed by atoms with Gasteiger partial charge in [0, 0.05) is 24.3 Å². The number of amides is 2. The number of anilines is 2. The lowest BCUT2D eigenvalue weighted by Crippen LogP contribution is -2.40. The maximum atomic E-state index is 12.8. The molecule has 0 aliphatic carbocycles. The van der Waals surface area contributed by atoms with Crippen LogP contribution in [0.2, 0.25) is 0 Å². The third-order valence-corrected chi connectivity index (χ3v) is 5.93. The lowest BCUT2D eigenvalue weighted by atomic mass is 10.1. The molecule has 2 amide bonds. The van der Waals surface area contributed by atoms with Gasteiger partial charge in [0.05, 0.1) is 23.8 Å². The average molecular weight is 417 g/mol. The zero-order chi connectivity index (χ0) is 20.4. The van der Waals surface area contributed by atoms with E-state index in [0.29, 0.717) is 43.3 Å². The highest BCUT2D eigenvalue weighted by atomic mass is 32.2. The number of carbonyl (C=O) groups excluding carboxylic acids is 2. The molecule has 2 heterocycles. The summed E-state index contributed by atoms with van der Waals surface area (Å²) in [4.78, 5) is 25.7. The van der Waals surface area contributed by atoms with E-state index in [4.69, 9.17) is 9.47 Å². The molecule has 4 rings (SSSR count). The number of hydrogen-bond donors (Lipinski definition) is 2. The van der Waals surface area contributed by atoms with Crippen LogP contribution < -0.4 is 14.8 Å². The Kier molecular flexibility index (Phi) is 5.12. The van der Waals surface area contributed by atoms with Crippen molar-refractivity contribution in [3.05, 3.63) is 48.0 Å². The van der Waals surface area contributed by atoms with Crippen molar-refractivity contribution in [2.24, 2.45) is 0 Å². The predicted octanol–water partition coefficient (Wildman–Crippen LogP) is 1.29. The largest absolute Gasteiger partial charge is 0.482 e. The summed E-state index contributed by atoms with van der Waals surface area (Å²) < 4.78 is 38.5. The van der Waals surface area contributed by atoms with E-state index in [1.165, 1.54) is 24.3 Å². The van der Waals surface area contributed by atoms with Crippen LogP contribution in [0.5, 0.6) is 5.75 Å². The molecule has 10 heteroatoms. The first-order valence-corrected chi connectivity index (χ1v) is 10.5. The van der Waals surface area contributed by atoms with E-state index in [0.717, 1.165) is 0 Å². The van der Waals surface area contributed by atoms with E-state index < -0.39 is 10.0 Å². The Hall–Kier alpha value is -3.11. The molecule has 0 spiro atoms. The fourth-order valence-corrected chi connectivity index (χ4v) is 4.18. The van der Waals surface area contributed by atoms with Gasteiger partial charge >= 0.3 is 0 Å². The summed E-state index contributed by atoms with van der Waals surface area (Å²) in [6, 6.07) is 10.5. The van der Waals surface area contributed by atoms with E-state index in [9.17, 15) is 18.0 Å². The molecule has 9 nitrogen and oxygen atoms in total. The zero-order valence-electron chi connectivity index (χ0n) is 15.4. The molecule has 29 heavy (non-hydrogen) atoms. The van der Waals surface area contributed by atoms with Crippen molar-refractivity contribution in [2.75, 3.05) is 42.9 Å². The van der Waals surface area contributed by atoms with Crippen molar-refractivity contribution in [1.82, 2.24) is 4.90 Å². The predicted molar refractivity (Wildman–Crippen MR) is 105 cm³/mol. The molecule has 1 fully saturated rings. The fourth-order valence-electron chi connectivity index (χ4n) is 3.11. The van der Waals surface area contributed by atoms with Crippen LogP contribution in [-0.2, 0) is 19.6 Å². The molecular weight excluding hydrogens is 398 g/mol. The summed E-state index contributed by atoms with van der Waals surface area (Å²) >= 11 is 0. The Morgan fingerprint density at radius 3 is 2.69 bits per heavy atom. The topological polar surface area (TPSA) is 114 Å². The highest BCUT2D eigenvalue weighted by molar-refractivity contribution is 7.92. The molecule has 1 saturated heterocycles. The van der Waals surface area contributed by atoms with Gasteiger partial charge in [0.15, 0.2) is 6.61 Å². The maximum Gasteiger partial charge on any atom is 0.262 e. The molecule has 0 radical (unpaired) electrons. The Labute approximate surface area is 167 Å². The van der Waals surface area contributed by atoms with Crippen molar-refractivity contribution in [2.45, 2.75) is 4.90 Å². The molecule has 0 saturated carbocycles. The molecule has 0 aromatic heterocycles. The molecule has 0 atom stereocenters. The number of nitrogens with zero attached hydrogens (tertiary/aromatic N) is 1. The van der Waals surface area contributed by atoms with Crippen LogP contribution in [0.25, 0.3) is 0 Å². The number of ether oxygens (including phenoxy) is 2. The van der Waals surface area contributed by atoms with Gasteiger partial charge in [-0.05, 0) is 36.4 Å². The highest BCUT2D eigenvalue weighted by Gasteiger charge is 2.22. The number of morpholine rings is 1. The van der Waals surface area contributed by atoms with E-state index >= 15 is 0 Å². The summed E-state index contributed by atoms with van der Waals surface area (Å²) in [5.41, 5.74) is 0.945. The maximum absolute atomic E-state index is 12.8. The second-order valence-electron chi connectivity index (χ2n) is 6.59. The van der Waals surface area contributed by atoms with Crippen molar-refractivity contribution >= 4 is 33.2 Å². The molecule has 0 unspecified atom stereocenters. The minimum atomic E-state index is -3.93. The second-order valence-corrected chi connectivity index (χ2v) is 8.27. The molecule has 2 aliphatic heterocycles. The molecular formula is C19H19N3O6S. The third kappa shape index (κ3) is 4.17. The molecule has 2 aromatic carbocycles. The van der Waals surface area contributed by atoms with Crippen molar-refractivity contribution in [3.63, 3.8) is 0 Å². The number of hydrogen-bond acceptors (Lipinski definition) is 6. The Bertz CT molecular complexity index is 1060. The Morgan fingerprint density at radius 2 is 1.90 bits per heavy atom. The minimum Gasteiger partial charge on any atom is -0.482 e. The van der Waals surface area contributed by atoms with Gasteiger partial charge in [-0.3, -0.25) is 14.3 Å². The first-order valence-electron chi connectivity index (χ1n) is 8.99. The van der Waals surface area contributed by atoms with Gasteiger partial charge < -0.3 is 19.7 Å². The highest BCUT2D eigenvalue weighted by Crippen LogP contribution is 2.30. The zero-order valence-corrected chi connectivity index (χ0v) is 16.2. The van der Waals surface area contributed by atoms with E-state index in [-0.39, 0.29) is 29.0 Å². The van der Waals surface area contributed by atoms with Crippen molar-refractivity contribution < 1.29 is 27.5 Å². The van der Waals surface area contributed by atoms with Crippen molar-refractivity contribution in [1.29, 1.82) is 0 Å². The smallest absolute Gasteiger partial charge is 0.262 e. The SMILES string of the molecule is O=C1COc2ccc(S(=O)(=O)Nc3cccc(C(=O)N4CCOCC4)c3)cc2N1. The quantitative estimate of drug-likeness (QED) is 0.775. The lowest BCUT2D eigenvalue weighted by Gasteiger charge is -2.27. The van der Waals surface area contributed by atoms with Gasteiger partial charge in [0.2, 0.25) is 0 Å².